The topological polar surface area (TPSA) is 190 Å². The molecular weight excluding hydrogens is 798 g/mol. The number of piperazine rings is 1. The van der Waals surface area contributed by atoms with Crippen molar-refractivity contribution >= 4 is 40.6 Å². The van der Waals surface area contributed by atoms with Crippen molar-refractivity contribution in [2.24, 2.45) is 5.41 Å². The number of halogens is 1. The molecule has 14 nitrogen and oxygen atoms in total. The molecule has 4 atom stereocenters. The molecule has 2 aliphatic rings. The number of thiazole rings is 1. The lowest BCUT2D eigenvalue weighted by Crippen LogP contribution is -2.59. The first-order chi connectivity index (χ1) is 29.1. The van der Waals surface area contributed by atoms with Crippen molar-refractivity contribution in [2.45, 2.75) is 65.3 Å². The van der Waals surface area contributed by atoms with Gasteiger partial charge in [-0.25, -0.2) is 9.37 Å². The summed E-state index contributed by atoms with van der Waals surface area (Å²) < 4.78 is 15.7. The molecule has 61 heavy (non-hydrogen) atoms. The predicted octanol–water partition coefficient (Wildman–Crippen LogP) is 5.16. The summed E-state index contributed by atoms with van der Waals surface area (Å²) in [5.41, 5.74) is 12.2. The summed E-state index contributed by atoms with van der Waals surface area (Å²) in [7, 11) is 0. The van der Waals surface area contributed by atoms with Crippen LogP contribution in [0.1, 0.15) is 51.4 Å². The number of hydrogen-bond acceptors (Lipinski definition) is 12. The van der Waals surface area contributed by atoms with Crippen molar-refractivity contribution in [3.05, 3.63) is 95.4 Å². The van der Waals surface area contributed by atoms with Gasteiger partial charge in [0, 0.05) is 61.5 Å². The lowest BCUT2D eigenvalue weighted by molar-refractivity contribution is -0.144. The molecule has 0 radical (unpaired) electrons. The van der Waals surface area contributed by atoms with Gasteiger partial charge < -0.3 is 36.4 Å². The van der Waals surface area contributed by atoms with Crippen LogP contribution in [0, 0.1) is 18.2 Å². The average molecular weight is 850 g/mol. The van der Waals surface area contributed by atoms with E-state index in [0.717, 1.165) is 21.7 Å². The van der Waals surface area contributed by atoms with Crippen LogP contribution in [0.25, 0.3) is 32.8 Å². The van der Waals surface area contributed by atoms with Crippen LogP contribution in [0.5, 0.6) is 5.75 Å². The van der Waals surface area contributed by atoms with Crippen molar-refractivity contribution < 1.29 is 29.0 Å². The Morgan fingerprint density at radius 3 is 2.33 bits per heavy atom. The molecule has 4 heterocycles. The van der Waals surface area contributed by atoms with E-state index in [1.54, 1.807) is 41.7 Å². The molecule has 7 rings (SSSR count). The summed E-state index contributed by atoms with van der Waals surface area (Å²) in [6.07, 6.45) is -0.798. The highest BCUT2D eigenvalue weighted by molar-refractivity contribution is 7.13. The van der Waals surface area contributed by atoms with Crippen LogP contribution in [0.15, 0.2) is 78.3 Å². The zero-order chi connectivity index (χ0) is 43.6. The molecule has 320 valence electrons. The second-order valence-corrected chi connectivity index (χ2v) is 17.7. The third-order valence-corrected chi connectivity index (χ3v) is 12.4. The maximum absolute atomic E-state index is 15.7. The molecule has 0 saturated carbocycles. The van der Waals surface area contributed by atoms with Crippen LogP contribution in [-0.2, 0) is 14.4 Å². The highest BCUT2D eigenvalue weighted by Gasteiger charge is 2.45. The van der Waals surface area contributed by atoms with Crippen LogP contribution in [0.3, 0.4) is 0 Å². The van der Waals surface area contributed by atoms with E-state index in [2.05, 4.69) is 25.8 Å². The Morgan fingerprint density at radius 2 is 1.67 bits per heavy atom. The third-order valence-electron chi connectivity index (χ3n) is 11.4. The Morgan fingerprint density at radius 1 is 0.951 bits per heavy atom. The van der Waals surface area contributed by atoms with E-state index in [0.29, 0.717) is 48.7 Å². The number of phenols is 1. The molecule has 0 spiro atoms. The van der Waals surface area contributed by atoms with Gasteiger partial charge in [0.2, 0.25) is 17.7 Å². The normalized spacial score (nSPS) is 18.1. The third kappa shape index (κ3) is 9.66. The number of nitrogen functional groups attached to an aromatic ring is 1. The number of rotatable bonds is 11. The van der Waals surface area contributed by atoms with E-state index in [9.17, 15) is 24.6 Å². The van der Waals surface area contributed by atoms with Crippen LogP contribution in [-0.4, -0.2) is 110 Å². The average Bonchev–Trinajstić information content (AvgIpc) is 3.85. The van der Waals surface area contributed by atoms with Crippen molar-refractivity contribution in [2.75, 3.05) is 49.9 Å². The van der Waals surface area contributed by atoms with Gasteiger partial charge in [-0.15, -0.1) is 21.5 Å². The minimum Gasteiger partial charge on any atom is -0.507 e. The van der Waals surface area contributed by atoms with E-state index >= 15 is 4.39 Å². The Kier molecular flexibility index (Phi) is 12.7. The summed E-state index contributed by atoms with van der Waals surface area (Å²) >= 11 is 1.57. The van der Waals surface area contributed by atoms with E-state index in [1.165, 1.54) is 17.0 Å². The van der Waals surface area contributed by atoms with Crippen LogP contribution in [0.2, 0.25) is 0 Å². The summed E-state index contributed by atoms with van der Waals surface area (Å²) in [5.74, 6) is -1.55. The molecule has 2 fully saturated rings. The maximum Gasteiger partial charge on any atom is 0.246 e. The number of amides is 3. The quantitative estimate of drug-likeness (QED) is 0.118. The lowest BCUT2D eigenvalue weighted by Gasteiger charge is -2.38. The van der Waals surface area contributed by atoms with Gasteiger partial charge in [-0.3, -0.25) is 19.3 Å². The first-order valence-electron chi connectivity index (χ1n) is 20.3. The van der Waals surface area contributed by atoms with Crippen molar-refractivity contribution in [3.63, 3.8) is 0 Å². The zero-order valence-corrected chi connectivity index (χ0v) is 35.7. The molecule has 6 N–H and O–H groups in total. The standard InChI is InChI=1S/C45H52FN9O5S/c1-26(28-10-12-29(13-11-28)40-27(2)48-25-61-40)49-43(59)37-21-31(56)23-55(37)44(60)41(45(3,4)5)50-39(58)24-53-16-18-54(19-17-53)30-14-15-32(35(46)20-30)34-22-36(51-52-42(34)47)33-8-6-7-9-38(33)57/h6-15,20,22,25-26,31,37,41,56-57H,16-19,21,23-24H2,1-5H3,(H2,47,52)(H,49,59)(H,50,58)/t26?,31-,37+,41?/m1/s1. The fourth-order valence-electron chi connectivity index (χ4n) is 7.95. The molecule has 5 aromatic rings. The molecule has 2 aliphatic heterocycles. The Labute approximate surface area is 358 Å². The van der Waals surface area contributed by atoms with Crippen LogP contribution < -0.4 is 21.3 Å². The van der Waals surface area contributed by atoms with Crippen molar-refractivity contribution in [1.29, 1.82) is 0 Å². The first-order valence-corrected chi connectivity index (χ1v) is 21.2. The number of benzene rings is 3. The van der Waals surface area contributed by atoms with E-state index < -0.39 is 35.3 Å². The van der Waals surface area contributed by atoms with E-state index in [1.807, 2.05) is 80.3 Å². The highest BCUT2D eigenvalue weighted by atomic mass is 32.1. The molecule has 2 unspecified atom stereocenters. The number of aliphatic hydroxyl groups excluding tert-OH is 1. The summed E-state index contributed by atoms with van der Waals surface area (Å²) in [4.78, 5) is 52.3. The molecule has 16 heteroatoms. The van der Waals surface area contributed by atoms with E-state index in [-0.39, 0.29) is 54.5 Å². The maximum atomic E-state index is 15.7. The van der Waals surface area contributed by atoms with Gasteiger partial charge in [-0.1, -0.05) is 57.2 Å². The van der Waals surface area contributed by atoms with Gasteiger partial charge in [0.15, 0.2) is 5.82 Å². The number of anilines is 2. The predicted molar refractivity (Wildman–Crippen MR) is 234 cm³/mol. The second kappa shape index (κ2) is 17.9. The van der Waals surface area contributed by atoms with Crippen LogP contribution in [0.4, 0.5) is 15.9 Å². The zero-order valence-electron chi connectivity index (χ0n) is 34.9. The van der Waals surface area contributed by atoms with Gasteiger partial charge >= 0.3 is 0 Å². The van der Waals surface area contributed by atoms with Gasteiger partial charge in [0.05, 0.1) is 40.5 Å². The van der Waals surface area contributed by atoms with Gasteiger partial charge in [-0.2, -0.15) is 0 Å². The highest BCUT2D eigenvalue weighted by Crippen LogP contribution is 2.35. The van der Waals surface area contributed by atoms with Gasteiger partial charge in [0.25, 0.3) is 0 Å². The number of aromatic hydroxyl groups is 1. The number of phenolic OH excluding ortho intramolecular Hbond substituents is 1. The van der Waals surface area contributed by atoms with E-state index in [4.69, 9.17) is 5.73 Å². The number of β-amino-alcohol motifs (C(OH)–C–C–N with tert-alkyl or cyclic N) is 1. The van der Waals surface area contributed by atoms with Crippen LogP contribution >= 0.6 is 11.3 Å². The number of likely N-dealkylation sites (tertiary alicyclic amines) is 1. The molecule has 0 aliphatic carbocycles. The monoisotopic (exact) mass is 849 g/mol. The van der Waals surface area contributed by atoms with Crippen molar-refractivity contribution in [1.82, 2.24) is 35.6 Å². The fourth-order valence-corrected chi connectivity index (χ4v) is 8.76. The summed E-state index contributed by atoms with van der Waals surface area (Å²) in [5, 5.41) is 35.1. The molecule has 3 amide bonds. The smallest absolute Gasteiger partial charge is 0.246 e. The molecule has 0 bridgehead atoms. The fraction of sp³-hybridized carbons (Fsp3) is 0.378. The number of aliphatic hydroxyl groups is 1. The minimum absolute atomic E-state index is 0.0206. The number of nitrogens with two attached hydrogens (primary N) is 1. The lowest BCUT2D eigenvalue weighted by atomic mass is 9.85. The number of carbonyl (C=O) groups excluding carboxylic acids is 3. The van der Waals surface area contributed by atoms with Crippen molar-refractivity contribution in [3.8, 4) is 38.6 Å². The number of aryl methyl sites for hydroxylation is 1. The number of hydrogen-bond donors (Lipinski definition) is 5. The van der Waals surface area contributed by atoms with Gasteiger partial charge in [-0.05, 0) is 66.8 Å². The minimum atomic E-state index is -0.956. The molecule has 2 aromatic heterocycles. The number of nitrogens with zero attached hydrogens (tertiary/aromatic N) is 6. The molecule has 3 aromatic carbocycles. The SMILES string of the molecule is Cc1ncsc1-c1ccc(C(C)NC(=O)[C@@H]2C[C@@H](O)CN2C(=O)C(NC(=O)CN2CCN(c3ccc(-c4cc(-c5ccccc5O)nnc4N)c(F)c3)CC2)C(C)(C)C)cc1. The number of nitrogens with one attached hydrogen (secondary N) is 2. The Balaban J connectivity index is 0.944. The molecular formula is C45H52FN9O5S. The van der Waals surface area contributed by atoms with Gasteiger partial charge in [0.1, 0.15) is 23.7 Å². The Hall–Kier alpha value is -5.97. The largest absolute Gasteiger partial charge is 0.507 e. The number of para-hydroxylation sites is 1. The summed E-state index contributed by atoms with van der Waals surface area (Å²) in [6.45, 7) is 11.5. The molecule has 2 saturated heterocycles. The second-order valence-electron chi connectivity index (χ2n) is 16.9. The number of aromatic nitrogens is 3. The Bertz CT molecular complexity index is 2400. The number of carbonyl (C=O) groups is 3. The summed E-state index contributed by atoms with van der Waals surface area (Å²) in [6, 6.07) is 18.9. The first kappa shape index (κ1) is 43.1.